The van der Waals surface area contributed by atoms with E-state index >= 15 is 0 Å². The Balaban J connectivity index is 1.93. The van der Waals surface area contributed by atoms with E-state index in [1.54, 1.807) is 42.5 Å². The SMILES string of the molecule is COc1ccc2c3c(cccc13)C(=O)N(c1cccc(B(O)O)c1)C2=O. The molecule has 0 fully saturated rings. The van der Waals surface area contributed by atoms with Gasteiger partial charge < -0.3 is 14.8 Å². The molecule has 128 valence electrons. The highest BCUT2D eigenvalue weighted by atomic mass is 16.5. The highest BCUT2D eigenvalue weighted by Crippen LogP contribution is 2.36. The van der Waals surface area contributed by atoms with Gasteiger partial charge >= 0.3 is 7.12 Å². The van der Waals surface area contributed by atoms with Gasteiger partial charge in [0.25, 0.3) is 11.8 Å². The maximum atomic E-state index is 13.0. The summed E-state index contributed by atoms with van der Waals surface area (Å²) in [6, 6.07) is 14.6. The van der Waals surface area contributed by atoms with Crippen molar-refractivity contribution in [1.82, 2.24) is 0 Å². The van der Waals surface area contributed by atoms with Gasteiger partial charge in [0.1, 0.15) is 5.75 Å². The van der Waals surface area contributed by atoms with Gasteiger partial charge in [0.15, 0.2) is 0 Å². The van der Waals surface area contributed by atoms with Crippen LogP contribution in [-0.2, 0) is 0 Å². The molecule has 0 aliphatic carbocycles. The fraction of sp³-hybridized carbons (Fsp3) is 0.0526. The number of amides is 2. The number of nitrogens with zero attached hydrogens (tertiary/aromatic N) is 1. The van der Waals surface area contributed by atoms with E-state index < -0.39 is 18.9 Å². The average Bonchev–Trinajstić information content (AvgIpc) is 2.66. The van der Waals surface area contributed by atoms with E-state index in [9.17, 15) is 19.6 Å². The minimum atomic E-state index is -1.69. The minimum absolute atomic E-state index is 0.196. The van der Waals surface area contributed by atoms with Crippen LogP contribution in [0.25, 0.3) is 10.8 Å². The predicted octanol–water partition coefficient (Wildman–Crippen LogP) is 1.33. The molecule has 0 unspecified atom stereocenters. The lowest BCUT2D eigenvalue weighted by Crippen LogP contribution is -2.41. The number of methoxy groups -OCH3 is 1. The van der Waals surface area contributed by atoms with Crippen LogP contribution in [-0.4, -0.2) is 36.1 Å². The number of anilines is 1. The second-order valence-electron chi connectivity index (χ2n) is 5.96. The molecule has 2 amide bonds. The Morgan fingerprint density at radius 3 is 2.31 bits per heavy atom. The summed E-state index contributed by atoms with van der Waals surface area (Å²) >= 11 is 0. The first-order valence-electron chi connectivity index (χ1n) is 7.97. The molecular formula is C19H14BNO5. The van der Waals surface area contributed by atoms with Crippen LogP contribution in [0, 0.1) is 0 Å². The lowest BCUT2D eigenvalue weighted by Gasteiger charge is -2.28. The Bertz CT molecular complexity index is 1040. The standard InChI is InChI=1S/C19H14BNO5/c1-26-16-9-8-15-17-13(16)6-3-7-14(17)18(22)21(19(15)23)12-5-2-4-11(10-12)20(24)25/h2-10,24-25H,1H3. The van der Waals surface area contributed by atoms with Gasteiger partial charge in [0.2, 0.25) is 0 Å². The fourth-order valence-electron chi connectivity index (χ4n) is 3.31. The van der Waals surface area contributed by atoms with Crippen LogP contribution in [0.1, 0.15) is 20.7 Å². The first kappa shape index (κ1) is 16.3. The summed E-state index contributed by atoms with van der Waals surface area (Å²) in [6.45, 7) is 0. The second kappa shape index (κ2) is 5.98. The summed E-state index contributed by atoms with van der Waals surface area (Å²) in [5.41, 5.74) is 1.27. The zero-order chi connectivity index (χ0) is 18.4. The number of rotatable bonds is 3. The van der Waals surface area contributed by atoms with Crippen molar-refractivity contribution in [3.05, 3.63) is 65.7 Å². The molecule has 0 aromatic heterocycles. The van der Waals surface area contributed by atoms with Crippen molar-refractivity contribution in [3.8, 4) is 5.75 Å². The third-order valence-electron chi connectivity index (χ3n) is 4.51. The Kier molecular flexibility index (Phi) is 3.75. The number of hydrogen-bond acceptors (Lipinski definition) is 5. The number of carbonyl (C=O) groups is 2. The van der Waals surface area contributed by atoms with Gasteiger partial charge in [-0.05, 0) is 35.8 Å². The van der Waals surface area contributed by atoms with Gasteiger partial charge in [-0.3, -0.25) is 9.59 Å². The van der Waals surface area contributed by atoms with Crippen molar-refractivity contribution in [3.63, 3.8) is 0 Å². The highest BCUT2D eigenvalue weighted by molar-refractivity contribution is 6.58. The molecule has 0 saturated carbocycles. The number of benzene rings is 3. The molecule has 3 aromatic carbocycles. The van der Waals surface area contributed by atoms with E-state index in [1.807, 2.05) is 0 Å². The monoisotopic (exact) mass is 347 g/mol. The van der Waals surface area contributed by atoms with Gasteiger partial charge in [-0.1, -0.05) is 24.3 Å². The van der Waals surface area contributed by atoms with Crippen LogP contribution in [0.2, 0.25) is 0 Å². The molecule has 0 saturated heterocycles. The summed E-state index contributed by atoms with van der Waals surface area (Å²) in [5.74, 6) is -0.345. The van der Waals surface area contributed by atoms with E-state index in [0.29, 0.717) is 27.6 Å². The van der Waals surface area contributed by atoms with Crippen LogP contribution in [0.4, 0.5) is 5.69 Å². The number of hydrogen-bond donors (Lipinski definition) is 2. The lowest BCUT2D eigenvalue weighted by atomic mass is 9.80. The zero-order valence-electron chi connectivity index (χ0n) is 13.8. The van der Waals surface area contributed by atoms with E-state index in [-0.39, 0.29) is 11.2 Å². The molecular weight excluding hydrogens is 333 g/mol. The molecule has 1 heterocycles. The smallest absolute Gasteiger partial charge is 0.488 e. The molecule has 7 heteroatoms. The fourth-order valence-corrected chi connectivity index (χ4v) is 3.31. The zero-order valence-corrected chi connectivity index (χ0v) is 13.8. The Morgan fingerprint density at radius 1 is 0.923 bits per heavy atom. The van der Waals surface area contributed by atoms with Crippen molar-refractivity contribution in [2.45, 2.75) is 0 Å². The van der Waals surface area contributed by atoms with Crippen LogP contribution < -0.4 is 15.1 Å². The summed E-state index contributed by atoms with van der Waals surface area (Å²) in [6.07, 6.45) is 0. The van der Waals surface area contributed by atoms with Crippen molar-refractivity contribution in [2.24, 2.45) is 0 Å². The van der Waals surface area contributed by atoms with Gasteiger partial charge in [0.05, 0.1) is 12.8 Å². The van der Waals surface area contributed by atoms with Crippen molar-refractivity contribution < 1.29 is 24.4 Å². The predicted molar refractivity (Wildman–Crippen MR) is 97.9 cm³/mol. The summed E-state index contributed by atoms with van der Waals surface area (Å²) < 4.78 is 5.34. The van der Waals surface area contributed by atoms with Crippen molar-refractivity contribution in [1.29, 1.82) is 0 Å². The third kappa shape index (κ3) is 2.29. The maximum Gasteiger partial charge on any atom is 0.488 e. The van der Waals surface area contributed by atoms with E-state index in [1.165, 1.54) is 19.2 Å². The Labute approximate surface area is 149 Å². The van der Waals surface area contributed by atoms with Crippen molar-refractivity contribution in [2.75, 3.05) is 12.0 Å². The quantitative estimate of drug-likeness (QED) is 0.551. The minimum Gasteiger partial charge on any atom is -0.496 e. The van der Waals surface area contributed by atoms with Gasteiger partial charge in [-0.25, -0.2) is 4.90 Å². The highest BCUT2D eigenvalue weighted by Gasteiger charge is 2.34. The third-order valence-corrected chi connectivity index (χ3v) is 4.51. The maximum absolute atomic E-state index is 13.0. The molecule has 26 heavy (non-hydrogen) atoms. The summed E-state index contributed by atoms with van der Waals surface area (Å²) in [7, 11) is -0.154. The summed E-state index contributed by atoms with van der Waals surface area (Å²) in [5, 5.41) is 20.0. The Hall–Kier alpha value is -3.16. The molecule has 0 bridgehead atoms. The molecule has 4 rings (SSSR count). The molecule has 0 spiro atoms. The lowest BCUT2D eigenvalue weighted by molar-refractivity contribution is 0.0893. The molecule has 1 aliphatic rings. The number of imide groups is 1. The molecule has 0 atom stereocenters. The second-order valence-corrected chi connectivity index (χ2v) is 5.96. The molecule has 1 aliphatic heterocycles. The molecule has 2 N–H and O–H groups in total. The Morgan fingerprint density at radius 2 is 1.62 bits per heavy atom. The van der Waals surface area contributed by atoms with Gasteiger partial charge in [-0.2, -0.15) is 0 Å². The van der Waals surface area contributed by atoms with Gasteiger partial charge in [0, 0.05) is 21.9 Å². The van der Waals surface area contributed by atoms with E-state index in [4.69, 9.17) is 4.74 Å². The topological polar surface area (TPSA) is 87.1 Å². The number of carbonyl (C=O) groups excluding carboxylic acids is 2. The molecule has 6 nitrogen and oxygen atoms in total. The molecule has 3 aromatic rings. The van der Waals surface area contributed by atoms with Crippen molar-refractivity contribution >= 4 is 40.9 Å². The van der Waals surface area contributed by atoms with Gasteiger partial charge in [-0.15, -0.1) is 0 Å². The summed E-state index contributed by atoms with van der Waals surface area (Å²) in [4.78, 5) is 27.1. The van der Waals surface area contributed by atoms with Crippen LogP contribution in [0.15, 0.2) is 54.6 Å². The average molecular weight is 347 g/mol. The molecule has 0 radical (unpaired) electrons. The normalized spacial score (nSPS) is 13.3. The van der Waals surface area contributed by atoms with E-state index in [0.717, 1.165) is 4.90 Å². The number of ether oxygens (including phenoxy) is 1. The van der Waals surface area contributed by atoms with Crippen LogP contribution in [0.3, 0.4) is 0 Å². The van der Waals surface area contributed by atoms with Crippen LogP contribution in [0.5, 0.6) is 5.75 Å². The van der Waals surface area contributed by atoms with E-state index in [2.05, 4.69) is 0 Å². The van der Waals surface area contributed by atoms with Crippen LogP contribution >= 0.6 is 0 Å². The largest absolute Gasteiger partial charge is 0.496 e. The first-order chi connectivity index (χ1) is 12.5. The first-order valence-corrected chi connectivity index (χ1v) is 7.97.